The van der Waals surface area contributed by atoms with E-state index in [1.165, 1.54) is 19.3 Å². The molecule has 0 radical (unpaired) electrons. The van der Waals surface area contributed by atoms with Crippen LogP contribution in [0.3, 0.4) is 0 Å². The largest absolute Gasteiger partial charge is 0.386 e. The Morgan fingerprint density at radius 1 is 1.14 bits per heavy atom. The van der Waals surface area contributed by atoms with E-state index >= 15 is 0 Å². The van der Waals surface area contributed by atoms with Gasteiger partial charge in [0.15, 0.2) is 0 Å². The maximum atomic E-state index is 10.9. The maximum absolute atomic E-state index is 10.9. The van der Waals surface area contributed by atoms with Crippen molar-refractivity contribution in [1.82, 2.24) is 4.98 Å². The molecule has 3 nitrogen and oxygen atoms in total. The van der Waals surface area contributed by atoms with Crippen molar-refractivity contribution in [3.05, 3.63) is 42.1 Å². The van der Waals surface area contributed by atoms with E-state index in [9.17, 15) is 5.11 Å². The molecule has 112 valence electrons. The highest BCUT2D eigenvalue weighted by Crippen LogP contribution is 2.35. The van der Waals surface area contributed by atoms with Gasteiger partial charge in [-0.1, -0.05) is 37.5 Å². The van der Waals surface area contributed by atoms with Gasteiger partial charge >= 0.3 is 0 Å². The summed E-state index contributed by atoms with van der Waals surface area (Å²) in [6.45, 7) is 0. The molecule has 0 saturated heterocycles. The van der Waals surface area contributed by atoms with Gasteiger partial charge < -0.3 is 9.84 Å². The van der Waals surface area contributed by atoms with E-state index in [0.717, 1.165) is 29.3 Å². The molecular weight excluding hydrogens is 262 g/mol. The molecule has 0 spiro atoms. The minimum absolute atomic E-state index is 0.129. The molecule has 1 saturated carbocycles. The van der Waals surface area contributed by atoms with Crippen molar-refractivity contribution in [2.24, 2.45) is 5.92 Å². The van der Waals surface area contributed by atoms with E-state index < -0.39 is 6.10 Å². The topological polar surface area (TPSA) is 42.4 Å². The highest BCUT2D eigenvalue weighted by molar-refractivity contribution is 5.82. The Labute approximate surface area is 126 Å². The summed E-state index contributed by atoms with van der Waals surface area (Å²) in [4.78, 5) is 4.37. The monoisotopic (exact) mass is 285 g/mol. The van der Waals surface area contributed by atoms with Crippen molar-refractivity contribution in [2.45, 2.75) is 44.3 Å². The molecule has 1 aromatic heterocycles. The zero-order chi connectivity index (χ0) is 14.7. The van der Waals surface area contributed by atoms with Crippen molar-refractivity contribution >= 4 is 10.9 Å². The summed E-state index contributed by atoms with van der Waals surface area (Å²) >= 11 is 0. The van der Waals surface area contributed by atoms with E-state index in [-0.39, 0.29) is 6.10 Å². The van der Waals surface area contributed by atoms with E-state index in [4.69, 9.17) is 4.74 Å². The van der Waals surface area contributed by atoms with Gasteiger partial charge in [0.25, 0.3) is 0 Å². The molecule has 1 aromatic carbocycles. The summed E-state index contributed by atoms with van der Waals surface area (Å²) in [6, 6.07) is 9.87. The molecule has 2 unspecified atom stereocenters. The van der Waals surface area contributed by atoms with Crippen LogP contribution in [-0.2, 0) is 4.74 Å². The Bertz CT molecular complexity index is 587. The number of benzene rings is 1. The predicted molar refractivity (Wildman–Crippen MR) is 84.1 cm³/mol. The zero-order valence-electron chi connectivity index (χ0n) is 12.5. The number of fused-ring (bicyclic) bond motifs is 1. The Hall–Kier alpha value is -1.45. The first kappa shape index (κ1) is 14.5. The van der Waals surface area contributed by atoms with Crippen molar-refractivity contribution in [3.63, 3.8) is 0 Å². The maximum Gasteiger partial charge on any atom is 0.106 e. The number of aliphatic hydroxyl groups excluding tert-OH is 1. The molecule has 0 aliphatic heterocycles. The van der Waals surface area contributed by atoms with Gasteiger partial charge in [0.2, 0.25) is 0 Å². The number of nitrogens with zero attached hydrogens (tertiary/aromatic N) is 1. The molecule has 1 N–H and O–H groups in total. The lowest BCUT2D eigenvalue weighted by molar-refractivity contribution is -0.0553. The van der Waals surface area contributed by atoms with Gasteiger partial charge in [-0.05, 0) is 36.5 Å². The van der Waals surface area contributed by atoms with Gasteiger partial charge in [-0.3, -0.25) is 4.98 Å². The third-order valence-corrected chi connectivity index (χ3v) is 4.70. The van der Waals surface area contributed by atoms with Gasteiger partial charge in [0, 0.05) is 18.7 Å². The van der Waals surface area contributed by atoms with Gasteiger partial charge in [0.05, 0.1) is 11.6 Å². The number of hydrogen-bond donors (Lipinski definition) is 1. The number of aliphatic hydroxyl groups is 1. The first-order valence-corrected chi connectivity index (χ1v) is 7.86. The van der Waals surface area contributed by atoms with Crippen LogP contribution in [0.1, 0.15) is 43.8 Å². The minimum Gasteiger partial charge on any atom is -0.386 e. The van der Waals surface area contributed by atoms with E-state index in [0.29, 0.717) is 5.92 Å². The van der Waals surface area contributed by atoms with Crippen LogP contribution >= 0.6 is 0 Å². The lowest BCUT2D eigenvalue weighted by atomic mass is 9.81. The fraction of sp³-hybridized carbons (Fsp3) is 0.500. The third-order valence-electron chi connectivity index (χ3n) is 4.70. The molecule has 1 aliphatic rings. The number of methoxy groups -OCH3 is 1. The van der Waals surface area contributed by atoms with Crippen molar-refractivity contribution in [1.29, 1.82) is 0 Å². The molecule has 21 heavy (non-hydrogen) atoms. The zero-order valence-corrected chi connectivity index (χ0v) is 12.5. The van der Waals surface area contributed by atoms with E-state index in [1.54, 1.807) is 13.3 Å². The summed E-state index contributed by atoms with van der Waals surface area (Å²) in [5.74, 6) is 0.450. The second-order valence-corrected chi connectivity index (χ2v) is 5.96. The van der Waals surface area contributed by atoms with Gasteiger partial charge in [-0.15, -0.1) is 0 Å². The van der Waals surface area contributed by atoms with Crippen molar-refractivity contribution in [3.8, 4) is 0 Å². The Kier molecular flexibility index (Phi) is 4.51. The lowest BCUT2D eigenvalue weighted by Crippen LogP contribution is -2.31. The third kappa shape index (κ3) is 2.94. The lowest BCUT2D eigenvalue weighted by Gasteiger charge is -2.33. The molecule has 0 bridgehead atoms. The number of rotatable bonds is 4. The molecule has 3 rings (SSSR count). The highest BCUT2D eigenvalue weighted by Gasteiger charge is 2.31. The first-order chi connectivity index (χ1) is 10.3. The van der Waals surface area contributed by atoms with Crippen LogP contribution in [0.15, 0.2) is 36.5 Å². The quantitative estimate of drug-likeness (QED) is 0.927. The summed E-state index contributed by atoms with van der Waals surface area (Å²) in [7, 11) is 1.71. The SMILES string of the molecule is COC(C1CCCCC1)C(O)c1cccc2ncccc12. The van der Waals surface area contributed by atoms with E-state index in [2.05, 4.69) is 4.98 Å². The minimum atomic E-state index is -0.592. The van der Waals surface area contributed by atoms with Crippen molar-refractivity contribution < 1.29 is 9.84 Å². The summed E-state index contributed by atoms with van der Waals surface area (Å²) < 4.78 is 5.68. The van der Waals surface area contributed by atoms with Crippen LogP contribution in [0.2, 0.25) is 0 Å². The standard InChI is InChI=1S/C18H23NO2/c1-21-18(13-7-3-2-4-8-13)17(20)15-9-5-11-16-14(15)10-6-12-19-16/h5-6,9-13,17-18,20H,2-4,7-8H2,1H3. The molecule has 0 amide bonds. The fourth-order valence-corrected chi connectivity index (χ4v) is 3.60. The smallest absolute Gasteiger partial charge is 0.106 e. The normalized spacial score (nSPS) is 19.5. The van der Waals surface area contributed by atoms with Crippen LogP contribution in [0.25, 0.3) is 10.9 Å². The highest BCUT2D eigenvalue weighted by atomic mass is 16.5. The van der Waals surface area contributed by atoms with Gasteiger partial charge in [-0.2, -0.15) is 0 Å². The average molecular weight is 285 g/mol. The Morgan fingerprint density at radius 3 is 2.71 bits per heavy atom. The molecule has 2 aromatic rings. The first-order valence-electron chi connectivity index (χ1n) is 7.86. The summed E-state index contributed by atoms with van der Waals surface area (Å²) in [5.41, 5.74) is 1.85. The van der Waals surface area contributed by atoms with Gasteiger partial charge in [0.1, 0.15) is 6.10 Å². The van der Waals surface area contributed by atoms with Crippen LogP contribution in [0.5, 0.6) is 0 Å². The molecular formula is C18H23NO2. The number of hydrogen-bond acceptors (Lipinski definition) is 3. The second kappa shape index (κ2) is 6.54. The number of pyridine rings is 1. The second-order valence-electron chi connectivity index (χ2n) is 5.96. The summed E-state index contributed by atoms with van der Waals surface area (Å²) in [6.07, 6.45) is 7.16. The Morgan fingerprint density at radius 2 is 1.95 bits per heavy atom. The number of aromatic nitrogens is 1. The van der Waals surface area contributed by atoms with Crippen LogP contribution in [0, 0.1) is 5.92 Å². The van der Waals surface area contributed by atoms with E-state index in [1.807, 2.05) is 30.3 Å². The van der Waals surface area contributed by atoms with Crippen molar-refractivity contribution in [2.75, 3.05) is 7.11 Å². The van der Waals surface area contributed by atoms with Crippen LogP contribution < -0.4 is 0 Å². The van der Waals surface area contributed by atoms with Crippen LogP contribution in [0.4, 0.5) is 0 Å². The molecule has 3 heteroatoms. The molecule has 1 fully saturated rings. The van der Waals surface area contributed by atoms with Crippen LogP contribution in [-0.4, -0.2) is 23.3 Å². The molecule has 1 aliphatic carbocycles. The number of ether oxygens (including phenoxy) is 1. The average Bonchev–Trinajstić information content (AvgIpc) is 2.56. The predicted octanol–water partition coefficient (Wildman–Crippen LogP) is 3.86. The Balaban J connectivity index is 1.92. The fourth-order valence-electron chi connectivity index (χ4n) is 3.60. The van der Waals surface area contributed by atoms with Gasteiger partial charge in [-0.25, -0.2) is 0 Å². The molecule has 2 atom stereocenters. The summed E-state index contributed by atoms with van der Waals surface area (Å²) in [5, 5.41) is 11.9. The molecule has 1 heterocycles.